The zero-order valence-corrected chi connectivity index (χ0v) is 14.3. The first-order valence-electron chi connectivity index (χ1n) is 8.16. The van der Waals surface area contributed by atoms with Crippen molar-refractivity contribution in [1.29, 1.82) is 0 Å². The molecule has 0 bridgehead atoms. The van der Waals surface area contributed by atoms with Crippen molar-refractivity contribution >= 4 is 17.3 Å². The Morgan fingerprint density at radius 3 is 2.68 bits per heavy atom. The maximum absolute atomic E-state index is 12.0. The molecular formula is C19H21N3O3. The van der Waals surface area contributed by atoms with Crippen molar-refractivity contribution in [2.24, 2.45) is 5.10 Å². The van der Waals surface area contributed by atoms with Gasteiger partial charge in [0.05, 0.1) is 12.3 Å². The summed E-state index contributed by atoms with van der Waals surface area (Å²) in [5.74, 6) is 1.22. The second-order valence-corrected chi connectivity index (χ2v) is 5.76. The van der Waals surface area contributed by atoms with Crippen molar-refractivity contribution in [2.75, 3.05) is 25.1 Å². The van der Waals surface area contributed by atoms with Gasteiger partial charge in [-0.1, -0.05) is 18.2 Å². The first-order chi connectivity index (χ1) is 12.1. The number of benzene rings is 2. The Bertz CT molecular complexity index is 802. The van der Waals surface area contributed by atoms with E-state index in [2.05, 4.69) is 15.8 Å². The number of nitrogens with zero attached hydrogens (tertiary/aromatic N) is 1. The SMILES string of the molecule is C/C(=N\NC(=O)CNc1ccccc1C)c1ccc2c(c1)OCCO2. The van der Waals surface area contributed by atoms with Crippen LogP contribution in [0.1, 0.15) is 18.1 Å². The van der Waals surface area contributed by atoms with Crippen LogP contribution in [0.2, 0.25) is 0 Å². The number of hydrazone groups is 1. The van der Waals surface area contributed by atoms with Gasteiger partial charge in [-0.2, -0.15) is 5.10 Å². The van der Waals surface area contributed by atoms with Gasteiger partial charge in [0.2, 0.25) is 0 Å². The molecule has 6 nitrogen and oxygen atoms in total. The number of carbonyl (C=O) groups is 1. The number of anilines is 1. The van der Waals surface area contributed by atoms with Crippen LogP contribution in [0.15, 0.2) is 47.6 Å². The number of ether oxygens (including phenoxy) is 2. The third-order valence-electron chi connectivity index (χ3n) is 3.89. The first-order valence-corrected chi connectivity index (χ1v) is 8.16. The van der Waals surface area contributed by atoms with E-state index in [-0.39, 0.29) is 12.5 Å². The molecule has 2 aromatic carbocycles. The predicted molar refractivity (Wildman–Crippen MR) is 97.5 cm³/mol. The number of aryl methyl sites for hydroxylation is 1. The monoisotopic (exact) mass is 339 g/mol. The van der Waals surface area contributed by atoms with E-state index in [1.165, 1.54) is 0 Å². The number of rotatable bonds is 5. The van der Waals surface area contributed by atoms with E-state index >= 15 is 0 Å². The van der Waals surface area contributed by atoms with Crippen LogP contribution < -0.4 is 20.2 Å². The molecule has 6 heteroatoms. The largest absolute Gasteiger partial charge is 0.486 e. The van der Waals surface area contributed by atoms with Crippen LogP contribution in [0.4, 0.5) is 5.69 Å². The molecule has 0 saturated carbocycles. The number of para-hydroxylation sites is 1. The van der Waals surface area contributed by atoms with Gasteiger partial charge in [-0.25, -0.2) is 5.43 Å². The van der Waals surface area contributed by atoms with Gasteiger partial charge in [-0.05, 0) is 43.7 Å². The fourth-order valence-electron chi connectivity index (χ4n) is 2.47. The number of amides is 1. The Labute approximate surface area is 146 Å². The molecule has 0 atom stereocenters. The molecule has 1 amide bonds. The molecule has 130 valence electrons. The number of hydrogen-bond acceptors (Lipinski definition) is 5. The minimum atomic E-state index is -0.208. The van der Waals surface area contributed by atoms with E-state index in [0.29, 0.717) is 24.7 Å². The molecule has 1 aliphatic rings. The highest BCUT2D eigenvalue weighted by atomic mass is 16.6. The third-order valence-corrected chi connectivity index (χ3v) is 3.89. The van der Waals surface area contributed by atoms with Crippen molar-refractivity contribution in [1.82, 2.24) is 5.43 Å². The lowest BCUT2D eigenvalue weighted by Crippen LogP contribution is -2.27. The summed E-state index contributed by atoms with van der Waals surface area (Å²) < 4.78 is 11.1. The summed E-state index contributed by atoms with van der Waals surface area (Å²) in [6, 6.07) is 13.4. The summed E-state index contributed by atoms with van der Waals surface area (Å²) in [6.45, 7) is 5.07. The Kier molecular flexibility index (Phi) is 5.18. The predicted octanol–water partition coefficient (Wildman–Crippen LogP) is 2.72. The van der Waals surface area contributed by atoms with Gasteiger partial charge in [0, 0.05) is 11.3 Å². The minimum Gasteiger partial charge on any atom is -0.486 e. The van der Waals surface area contributed by atoms with Gasteiger partial charge < -0.3 is 14.8 Å². The molecule has 1 aliphatic heterocycles. The number of hydrogen-bond donors (Lipinski definition) is 2. The Hall–Kier alpha value is -3.02. The quantitative estimate of drug-likeness (QED) is 0.649. The van der Waals surface area contributed by atoms with Gasteiger partial charge in [-0.3, -0.25) is 4.79 Å². The number of fused-ring (bicyclic) bond motifs is 1. The zero-order valence-electron chi connectivity index (χ0n) is 14.3. The lowest BCUT2D eigenvalue weighted by atomic mass is 10.1. The average Bonchev–Trinajstić information content (AvgIpc) is 2.65. The molecule has 0 spiro atoms. The number of nitrogens with one attached hydrogen (secondary N) is 2. The van der Waals surface area contributed by atoms with E-state index < -0.39 is 0 Å². The van der Waals surface area contributed by atoms with Crippen molar-refractivity contribution in [3.8, 4) is 11.5 Å². The molecule has 0 radical (unpaired) electrons. The van der Waals surface area contributed by atoms with E-state index in [1.807, 2.05) is 56.3 Å². The van der Waals surface area contributed by atoms with Crippen molar-refractivity contribution < 1.29 is 14.3 Å². The summed E-state index contributed by atoms with van der Waals surface area (Å²) in [4.78, 5) is 12.0. The molecular weight excluding hydrogens is 318 g/mol. The summed E-state index contributed by atoms with van der Waals surface area (Å²) in [5, 5.41) is 7.26. The Morgan fingerprint density at radius 2 is 1.88 bits per heavy atom. The number of carbonyl (C=O) groups excluding carboxylic acids is 1. The normalized spacial score (nSPS) is 13.3. The van der Waals surface area contributed by atoms with E-state index in [1.54, 1.807) is 0 Å². The van der Waals surface area contributed by atoms with Gasteiger partial charge in [-0.15, -0.1) is 0 Å². The van der Waals surface area contributed by atoms with Crippen molar-refractivity contribution in [2.45, 2.75) is 13.8 Å². The maximum Gasteiger partial charge on any atom is 0.259 e. The summed E-state index contributed by atoms with van der Waals surface area (Å²) in [5.41, 5.74) is 6.16. The van der Waals surface area contributed by atoms with E-state index in [0.717, 1.165) is 22.6 Å². The first kappa shape index (κ1) is 16.8. The van der Waals surface area contributed by atoms with Gasteiger partial charge in [0.25, 0.3) is 5.91 Å². The van der Waals surface area contributed by atoms with Crippen LogP contribution in [0.5, 0.6) is 11.5 Å². The fourth-order valence-corrected chi connectivity index (χ4v) is 2.47. The summed E-state index contributed by atoms with van der Waals surface area (Å²) in [6.07, 6.45) is 0. The molecule has 0 aromatic heterocycles. The maximum atomic E-state index is 12.0. The summed E-state index contributed by atoms with van der Waals surface area (Å²) in [7, 11) is 0. The molecule has 0 saturated heterocycles. The highest BCUT2D eigenvalue weighted by Crippen LogP contribution is 2.30. The van der Waals surface area contributed by atoms with Gasteiger partial charge >= 0.3 is 0 Å². The van der Waals surface area contributed by atoms with Crippen LogP contribution >= 0.6 is 0 Å². The Morgan fingerprint density at radius 1 is 1.12 bits per heavy atom. The Balaban J connectivity index is 1.57. The molecule has 3 rings (SSSR count). The lowest BCUT2D eigenvalue weighted by molar-refractivity contribution is -0.119. The van der Waals surface area contributed by atoms with Crippen molar-refractivity contribution in [3.63, 3.8) is 0 Å². The molecule has 0 unspecified atom stereocenters. The minimum absolute atomic E-state index is 0.156. The fraction of sp³-hybridized carbons (Fsp3) is 0.263. The molecule has 25 heavy (non-hydrogen) atoms. The smallest absolute Gasteiger partial charge is 0.259 e. The van der Waals surface area contributed by atoms with Crippen LogP contribution in [-0.4, -0.2) is 31.4 Å². The van der Waals surface area contributed by atoms with Crippen LogP contribution in [0.3, 0.4) is 0 Å². The second-order valence-electron chi connectivity index (χ2n) is 5.76. The average molecular weight is 339 g/mol. The molecule has 2 aromatic rings. The van der Waals surface area contributed by atoms with Crippen LogP contribution in [0.25, 0.3) is 0 Å². The zero-order chi connectivity index (χ0) is 17.6. The van der Waals surface area contributed by atoms with Crippen LogP contribution in [0, 0.1) is 6.92 Å². The van der Waals surface area contributed by atoms with E-state index in [9.17, 15) is 4.79 Å². The second kappa shape index (κ2) is 7.70. The highest BCUT2D eigenvalue weighted by Gasteiger charge is 2.12. The standard InChI is InChI=1S/C19H21N3O3/c1-13-5-3-4-6-16(13)20-12-19(23)22-21-14(2)15-7-8-17-18(11-15)25-10-9-24-17/h3-8,11,20H,9-10,12H2,1-2H3,(H,22,23)/b21-14+. The molecule has 1 heterocycles. The lowest BCUT2D eigenvalue weighted by Gasteiger charge is -2.18. The molecule has 0 aliphatic carbocycles. The summed E-state index contributed by atoms with van der Waals surface area (Å²) >= 11 is 0. The topological polar surface area (TPSA) is 72.0 Å². The van der Waals surface area contributed by atoms with Crippen molar-refractivity contribution in [3.05, 3.63) is 53.6 Å². The molecule has 2 N–H and O–H groups in total. The van der Waals surface area contributed by atoms with Gasteiger partial charge in [0.15, 0.2) is 11.5 Å². The van der Waals surface area contributed by atoms with Gasteiger partial charge in [0.1, 0.15) is 13.2 Å². The highest BCUT2D eigenvalue weighted by molar-refractivity contribution is 6.00. The third kappa shape index (κ3) is 4.29. The van der Waals surface area contributed by atoms with Crippen LogP contribution in [-0.2, 0) is 4.79 Å². The molecule has 0 fully saturated rings. The van der Waals surface area contributed by atoms with E-state index in [4.69, 9.17) is 9.47 Å².